The van der Waals surface area contributed by atoms with Crippen LogP contribution in [0, 0.1) is 0 Å². The Kier molecular flexibility index (Phi) is 0.872. The molecule has 0 saturated heterocycles. The molecule has 0 radical (unpaired) electrons. The number of nitrogens with zero attached hydrogens (tertiary/aromatic N) is 2. The van der Waals surface area contributed by atoms with Crippen LogP contribution in [0.1, 0.15) is 4.11 Å². The van der Waals surface area contributed by atoms with Gasteiger partial charge in [0, 0.05) is 5.39 Å². The van der Waals surface area contributed by atoms with E-state index in [1.54, 1.807) is 24.3 Å². The molecule has 0 saturated carbocycles. The Morgan fingerprint density at radius 2 is 2.42 bits per heavy atom. The van der Waals surface area contributed by atoms with Crippen molar-refractivity contribution >= 4 is 16.7 Å². The number of fused-ring (bicyclic) bond motifs is 1. The molecule has 0 fully saturated rings. The summed E-state index contributed by atoms with van der Waals surface area (Å²) < 4.78 is 20.9. The average molecular weight is 166 g/mol. The van der Waals surface area contributed by atoms with Crippen molar-refractivity contribution in [3.8, 4) is 0 Å². The predicted octanol–water partition coefficient (Wildman–Crippen LogP) is 0.677. The normalized spacial score (nSPS) is 15.2. The summed E-state index contributed by atoms with van der Waals surface area (Å²) >= 11 is 0. The first-order chi connectivity index (χ1) is 6.97. The Hall–Kier alpha value is -1.71. The molecule has 1 aromatic heterocycles. The highest BCUT2D eigenvalue weighted by Gasteiger charge is 2.05. The molecule has 1 heterocycles. The molecule has 0 aliphatic carbocycles. The number of anilines is 1. The molecule has 2 N–H and O–H groups in total. The van der Waals surface area contributed by atoms with E-state index in [1.165, 1.54) is 0 Å². The van der Waals surface area contributed by atoms with E-state index in [-0.39, 0.29) is 5.82 Å². The van der Waals surface area contributed by atoms with Gasteiger partial charge >= 0.3 is 0 Å². The van der Waals surface area contributed by atoms with Gasteiger partial charge in [-0.2, -0.15) is 0 Å². The predicted molar refractivity (Wildman–Crippen MR) is 46.6 cm³/mol. The maximum absolute atomic E-state index is 6.96. The lowest BCUT2D eigenvalue weighted by Crippen LogP contribution is -2.07. The minimum atomic E-state index is -2.54. The first-order valence-corrected chi connectivity index (χ1v) is 3.40. The van der Waals surface area contributed by atoms with Crippen molar-refractivity contribution in [2.75, 3.05) is 12.8 Å². The zero-order chi connectivity index (χ0) is 11.1. The molecule has 0 bridgehead atoms. The van der Waals surface area contributed by atoms with E-state index in [9.17, 15) is 0 Å². The van der Waals surface area contributed by atoms with Gasteiger partial charge in [0.25, 0.3) is 0 Å². The van der Waals surface area contributed by atoms with Gasteiger partial charge in [0.05, 0.1) is 4.11 Å². The van der Waals surface area contributed by atoms with E-state index >= 15 is 0 Å². The smallest absolute Gasteiger partial charge is 0.157 e. The van der Waals surface area contributed by atoms with E-state index in [0.29, 0.717) is 10.9 Å². The highest BCUT2D eigenvalue weighted by atomic mass is 16.7. The maximum atomic E-state index is 6.96. The van der Waals surface area contributed by atoms with Crippen molar-refractivity contribution < 1.29 is 8.95 Å². The monoisotopic (exact) mass is 166 g/mol. The maximum Gasteiger partial charge on any atom is 0.157 e. The van der Waals surface area contributed by atoms with Crippen LogP contribution in [-0.2, 0) is 0 Å². The fraction of sp³-hybridized carbons (Fsp3) is 0.125. The SMILES string of the molecule is [2H]C([2H])([2H])On1nc(N)c2ccccc21. The van der Waals surface area contributed by atoms with Crippen molar-refractivity contribution in [2.24, 2.45) is 0 Å². The summed E-state index contributed by atoms with van der Waals surface area (Å²) in [6.07, 6.45) is 0. The molecule has 12 heavy (non-hydrogen) atoms. The lowest BCUT2D eigenvalue weighted by Gasteiger charge is -1.97. The van der Waals surface area contributed by atoms with E-state index < -0.39 is 7.04 Å². The van der Waals surface area contributed by atoms with Crippen molar-refractivity contribution in [3.63, 3.8) is 0 Å². The van der Waals surface area contributed by atoms with Crippen molar-refractivity contribution in [1.29, 1.82) is 0 Å². The third kappa shape index (κ3) is 0.812. The number of para-hydroxylation sites is 1. The zero-order valence-electron chi connectivity index (χ0n) is 9.19. The minimum Gasteiger partial charge on any atom is -0.399 e. The molecule has 62 valence electrons. The molecule has 0 aliphatic rings. The Bertz CT molecular complexity index is 491. The molecule has 1 aromatic carbocycles. The molecule has 0 unspecified atom stereocenters. The Morgan fingerprint density at radius 3 is 3.25 bits per heavy atom. The summed E-state index contributed by atoms with van der Waals surface area (Å²) in [5.74, 6) is 0.245. The minimum absolute atomic E-state index is 0.245. The molecule has 0 amide bonds. The van der Waals surface area contributed by atoms with E-state index in [4.69, 9.17) is 9.85 Å². The third-order valence-electron chi connectivity index (χ3n) is 1.67. The Morgan fingerprint density at radius 1 is 1.58 bits per heavy atom. The third-order valence-corrected chi connectivity index (χ3v) is 1.67. The van der Waals surface area contributed by atoms with Gasteiger partial charge in [0.15, 0.2) is 5.82 Å². The fourth-order valence-electron chi connectivity index (χ4n) is 1.13. The van der Waals surface area contributed by atoms with Crippen LogP contribution in [-0.4, -0.2) is 17.0 Å². The standard InChI is InChI=1S/C8H9N3O/c1-12-11-7-5-3-2-4-6(7)8(9)10-11/h2-5H,1H3,(H2,9,10)/i1D3. The summed E-state index contributed by atoms with van der Waals surface area (Å²) in [5.41, 5.74) is 6.13. The van der Waals surface area contributed by atoms with Gasteiger partial charge < -0.3 is 10.6 Å². The second-order valence-corrected chi connectivity index (χ2v) is 2.37. The number of nitrogens with two attached hydrogens (primary N) is 1. The summed E-state index contributed by atoms with van der Waals surface area (Å²) in [6.45, 7) is 0. The molecular formula is C8H9N3O. The van der Waals surface area contributed by atoms with Gasteiger partial charge in [-0.3, -0.25) is 0 Å². The largest absolute Gasteiger partial charge is 0.399 e. The number of aromatic nitrogens is 2. The van der Waals surface area contributed by atoms with Crippen molar-refractivity contribution in [1.82, 2.24) is 9.94 Å². The number of nitrogen functional groups attached to an aromatic ring is 1. The van der Waals surface area contributed by atoms with Gasteiger partial charge in [0.2, 0.25) is 0 Å². The summed E-state index contributed by atoms with van der Waals surface area (Å²) in [4.78, 5) is 5.59. The first kappa shape index (κ1) is 4.35. The first-order valence-electron chi connectivity index (χ1n) is 4.90. The van der Waals surface area contributed by atoms with Gasteiger partial charge in [-0.25, -0.2) is 0 Å². The van der Waals surface area contributed by atoms with Gasteiger partial charge in [-0.1, -0.05) is 17.0 Å². The van der Waals surface area contributed by atoms with Crippen LogP contribution in [0.2, 0.25) is 0 Å². The summed E-state index contributed by atoms with van der Waals surface area (Å²) in [6, 6.07) is 6.98. The Labute approximate surface area is 73.7 Å². The molecule has 0 atom stereocenters. The van der Waals surface area contributed by atoms with Gasteiger partial charge in [-0.05, 0) is 12.1 Å². The zero-order valence-corrected chi connectivity index (χ0v) is 6.19. The van der Waals surface area contributed by atoms with Crippen LogP contribution in [0.25, 0.3) is 10.9 Å². The van der Waals surface area contributed by atoms with Crippen LogP contribution >= 0.6 is 0 Å². The molecule has 4 heteroatoms. The van der Waals surface area contributed by atoms with E-state index in [0.717, 1.165) is 4.85 Å². The number of rotatable bonds is 1. The number of benzene rings is 1. The van der Waals surface area contributed by atoms with Crippen LogP contribution in [0.5, 0.6) is 0 Å². The lowest BCUT2D eigenvalue weighted by molar-refractivity contribution is 0.146. The summed E-state index contributed by atoms with van der Waals surface area (Å²) in [5, 5.41) is 4.46. The lowest BCUT2D eigenvalue weighted by atomic mass is 10.2. The molecule has 0 aliphatic heterocycles. The molecule has 0 spiro atoms. The number of hydrogen-bond acceptors (Lipinski definition) is 3. The van der Waals surface area contributed by atoms with Crippen LogP contribution in [0.15, 0.2) is 24.3 Å². The fourth-order valence-corrected chi connectivity index (χ4v) is 1.13. The number of hydrogen-bond donors (Lipinski definition) is 1. The second kappa shape index (κ2) is 2.41. The van der Waals surface area contributed by atoms with Gasteiger partial charge in [0.1, 0.15) is 12.6 Å². The second-order valence-electron chi connectivity index (χ2n) is 2.37. The van der Waals surface area contributed by atoms with Crippen molar-refractivity contribution in [2.45, 2.75) is 0 Å². The highest BCUT2D eigenvalue weighted by Crippen LogP contribution is 2.18. The molecule has 2 rings (SSSR count). The van der Waals surface area contributed by atoms with E-state index in [2.05, 4.69) is 9.94 Å². The topological polar surface area (TPSA) is 53.1 Å². The quantitative estimate of drug-likeness (QED) is 0.677. The van der Waals surface area contributed by atoms with Crippen LogP contribution in [0.3, 0.4) is 0 Å². The molecule has 4 nitrogen and oxygen atoms in total. The summed E-state index contributed by atoms with van der Waals surface area (Å²) in [7, 11) is -2.54. The highest BCUT2D eigenvalue weighted by molar-refractivity contribution is 5.88. The van der Waals surface area contributed by atoms with Crippen LogP contribution < -0.4 is 10.6 Å². The average Bonchev–Trinajstić information content (AvgIpc) is 2.42. The molecule has 2 aromatic rings. The van der Waals surface area contributed by atoms with Crippen molar-refractivity contribution in [3.05, 3.63) is 24.3 Å². The Balaban J connectivity index is 2.53. The van der Waals surface area contributed by atoms with Crippen LogP contribution in [0.4, 0.5) is 5.82 Å². The van der Waals surface area contributed by atoms with Gasteiger partial charge in [-0.15, -0.1) is 5.10 Å². The molecular weight excluding hydrogens is 154 g/mol. The van der Waals surface area contributed by atoms with E-state index in [1.807, 2.05) is 0 Å².